The summed E-state index contributed by atoms with van der Waals surface area (Å²) < 4.78 is 0. The van der Waals surface area contributed by atoms with Gasteiger partial charge >= 0.3 is 0 Å². The van der Waals surface area contributed by atoms with Crippen molar-refractivity contribution in [3.8, 4) is 0 Å². The lowest BCUT2D eigenvalue weighted by atomic mass is 10.1. The molecule has 1 saturated heterocycles. The lowest BCUT2D eigenvalue weighted by Gasteiger charge is -2.27. The van der Waals surface area contributed by atoms with Crippen LogP contribution in [0.5, 0.6) is 0 Å². The van der Waals surface area contributed by atoms with Crippen molar-refractivity contribution in [2.45, 2.75) is 32.2 Å². The molecule has 0 bridgehead atoms. The van der Waals surface area contributed by atoms with Crippen molar-refractivity contribution in [1.29, 1.82) is 0 Å². The number of likely N-dealkylation sites (N-methyl/N-ethyl adjacent to an activating group) is 2. The van der Waals surface area contributed by atoms with Crippen molar-refractivity contribution in [2.75, 3.05) is 33.2 Å². The van der Waals surface area contributed by atoms with E-state index >= 15 is 0 Å². The Balaban J connectivity index is 1.76. The minimum Gasteiger partial charge on any atom is -0.299 e. The van der Waals surface area contributed by atoms with Gasteiger partial charge in [-0.3, -0.25) is 14.6 Å². The van der Waals surface area contributed by atoms with Gasteiger partial charge in [-0.2, -0.15) is 0 Å². The number of rotatable bonds is 7. The molecule has 1 aromatic rings. The van der Waals surface area contributed by atoms with Crippen LogP contribution in [0.3, 0.4) is 0 Å². The van der Waals surface area contributed by atoms with Crippen molar-refractivity contribution in [2.24, 2.45) is 0 Å². The molecular weight excluding hydrogens is 248 g/mol. The fraction of sp³-hybridized carbons (Fsp3) is 0.588. The van der Waals surface area contributed by atoms with Crippen molar-refractivity contribution < 1.29 is 4.79 Å². The molecule has 0 amide bonds. The van der Waals surface area contributed by atoms with Crippen LogP contribution in [-0.4, -0.2) is 54.9 Å². The van der Waals surface area contributed by atoms with E-state index in [1.807, 2.05) is 30.3 Å². The van der Waals surface area contributed by atoms with Crippen LogP contribution < -0.4 is 0 Å². The summed E-state index contributed by atoms with van der Waals surface area (Å²) in [5.74, 6) is 0.305. The zero-order valence-corrected chi connectivity index (χ0v) is 12.7. The summed E-state index contributed by atoms with van der Waals surface area (Å²) in [6.45, 7) is 6.12. The Kier molecular flexibility index (Phi) is 5.74. The number of likely N-dealkylation sites (tertiary alicyclic amines) is 1. The Bertz CT molecular complexity index is 418. The van der Waals surface area contributed by atoms with Crippen LogP contribution in [0.15, 0.2) is 30.3 Å². The average molecular weight is 274 g/mol. The summed E-state index contributed by atoms with van der Waals surface area (Å²) in [5, 5.41) is 0. The van der Waals surface area contributed by atoms with Crippen LogP contribution in [-0.2, 0) is 11.2 Å². The summed E-state index contributed by atoms with van der Waals surface area (Å²) in [4.78, 5) is 16.8. The van der Waals surface area contributed by atoms with Crippen LogP contribution in [0.1, 0.15) is 25.3 Å². The van der Waals surface area contributed by atoms with Gasteiger partial charge in [0.1, 0.15) is 0 Å². The molecule has 1 aliphatic heterocycles. The van der Waals surface area contributed by atoms with Gasteiger partial charge in [0.25, 0.3) is 0 Å². The molecule has 1 atom stereocenters. The molecule has 0 spiro atoms. The third kappa shape index (κ3) is 4.43. The van der Waals surface area contributed by atoms with Crippen LogP contribution in [0.4, 0.5) is 0 Å². The van der Waals surface area contributed by atoms with E-state index in [0.717, 1.165) is 18.7 Å². The van der Waals surface area contributed by atoms with E-state index in [4.69, 9.17) is 0 Å². The maximum atomic E-state index is 12.1. The van der Waals surface area contributed by atoms with Gasteiger partial charge in [0.05, 0.1) is 6.54 Å². The highest BCUT2D eigenvalue weighted by Crippen LogP contribution is 2.17. The molecule has 1 heterocycles. The topological polar surface area (TPSA) is 23.6 Å². The Morgan fingerprint density at radius 3 is 2.80 bits per heavy atom. The fourth-order valence-electron chi connectivity index (χ4n) is 3.12. The van der Waals surface area contributed by atoms with Crippen molar-refractivity contribution in [3.63, 3.8) is 0 Å². The molecule has 1 unspecified atom stereocenters. The molecule has 0 N–H and O–H groups in total. The maximum Gasteiger partial charge on any atom is 0.151 e. The second-order valence-electron chi connectivity index (χ2n) is 5.82. The molecule has 3 heteroatoms. The average Bonchev–Trinajstić information content (AvgIpc) is 2.86. The second kappa shape index (κ2) is 7.55. The second-order valence-corrected chi connectivity index (χ2v) is 5.82. The molecule has 1 aliphatic rings. The maximum absolute atomic E-state index is 12.1. The number of benzene rings is 1. The molecular formula is C17H26N2O. The summed E-state index contributed by atoms with van der Waals surface area (Å²) in [7, 11) is 2.06. The molecule has 3 nitrogen and oxygen atoms in total. The molecule has 1 fully saturated rings. The predicted octanol–water partition coefficient (Wildman–Crippen LogP) is 2.21. The Morgan fingerprint density at radius 2 is 2.10 bits per heavy atom. The molecule has 0 aliphatic carbocycles. The minimum atomic E-state index is 0.305. The minimum absolute atomic E-state index is 0.305. The normalized spacial score (nSPS) is 19.6. The quantitative estimate of drug-likeness (QED) is 0.761. The van der Waals surface area contributed by atoms with Gasteiger partial charge in [-0.05, 0) is 38.5 Å². The SMILES string of the molecule is CCN1CCCC1CN(C)CC(=O)Cc1ccccc1. The number of ketones is 1. The van der Waals surface area contributed by atoms with E-state index in [0.29, 0.717) is 24.8 Å². The van der Waals surface area contributed by atoms with Crippen LogP contribution in [0.25, 0.3) is 0 Å². The first kappa shape index (κ1) is 15.2. The first-order valence-corrected chi connectivity index (χ1v) is 7.67. The van der Waals surface area contributed by atoms with Crippen molar-refractivity contribution in [1.82, 2.24) is 9.80 Å². The number of nitrogens with zero attached hydrogens (tertiary/aromatic N) is 2. The van der Waals surface area contributed by atoms with Crippen LogP contribution >= 0.6 is 0 Å². The van der Waals surface area contributed by atoms with Gasteiger partial charge < -0.3 is 0 Å². The van der Waals surface area contributed by atoms with E-state index in [9.17, 15) is 4.79 Å². The third-order valence-electron chi connectivity index (χ3n) is 4.12. The van der Waals surface area contributed by atoms with Gasteiger partial charge in [0.15, 0.2) is 5.78 Å². The van der Waals surface area contributed by atoms with Gasteiger partial charge in [-0.1, -0.05) is 37.3 Å². The number of Topliss-reactive ketones (excluding diaryl/α,β-unsaturated/α-hetero) is 1. The fourth-order valence-corrected chi connectivity index (χ4v) is 3.12. The smallest absolute Gasteiger partial charge is 0.151 e. The number of carbonyl (C=O) groups excluding carboxylic acids is 1. The Hall–Kier alpha value is -1.19. The van der Waals surface area contributed by atoms with Gasteiger partial charge in [-0.25, -0.2) is 0 Å². The number of carbonyl (C=O) groups is 1. The van der Waals surface area contributed by atoms with E-state index in [2.05, 4.69) is 23.8 Å². The molecule has 2 rings (SSSR count). The van der Waals surface area contributed by atoms with E-state index in [1.54, 1.807) is 0 Å². The molecule has 0 aromatic heterocycles. The number of hydrogen-bond acceptors (Lipinski definition) is 3. The standard InChI is InChI=1S/C17H26N2O/c1-3-19-11-7-10-16(19)13-18(2)14-17(20)12-15-8-5-4-6-9-15/h4-6,8-9,16H,3,7,10-14H2,1-2H3. The molecule has 20 heavy (non-hydrogen) atoms. The zero-order valence-electron chi connectivity index (χ0n) is 12.7. The molecule has 0 radical (unpaired) electrons. The highest BCUT2D eigenvalue weighted by molar-refractivity contribution is 5.82. The summed E-state index contributed by atoms with van der Waals surface area (Å²) in [6.07, 6.45) is 3.11. The molecule has 110 valence electrons. The zero-order chi connectivity index (χ0) is 14.4. The van der Waals surface area contributed by atoms with E-state index in [-0.39, 0.29) is 0 Å². The first-order chi connectivity index (χ1) is 9.69. The van der Waals surface area contributed by atoms with E-state index in [1.165, 1.54) is 19.4 Å². The third-order valence-corrected chi connectivity index (χ3v) is 4.12. The van der Waals surface area contributed by atoms with E-state index < -0.39 is 0 Å². The summed E-state index contributed by atoms with van der Waals surface area (Å²) in [5.41, 5.74) is 1.11. The number of hydrogen-bond donors (Lipinski definition) is 0. The summed E-state index contributed by atoms with van der Waals surface area (Å²) in [6, 6.07) is 10.6. The predicted molar refractivity (Wildman–Crippen MR) is 82.9 cm³/mol. The Labute approximate surface area is 122 Å². The summed E-state index contributed by atoms with van der Waals surface area (Å²) >= 11 is 0. The Morgan fingerprint density at radius 1 is 1.35 bits per heavy atom. The molecule has 1 aromatic carbocycles. The van der Waals surface area contributed by atoms with Gasteiger partial charge in [-0.15, -0.1) is 0 Å². The van der Waals surface area contributed by atoms with Gasteiger partial charge in [0.2, 0.25) is 0 Å². The lowest BCUT2D eigenvalue weighted by molar-refractivity contribution is -0.119. The van der Waals surface area contributed by atoms with Crippen molar-refractivity contribution >= 4 is 5.78 Å². The van der Waals surface area contributed by atoms with Crippen molar-refractivity contribution in [3.05, 3.63) is 35.9 Å². The van der Waals surface area contributed by atoms with Crippen LogP contribution in [0.2, 0.25) is 0 Å². The van der Waals surface area contributed by atoms with Gasteiger partial charge in [0, 0.05) is 19.0 Å². The highest BCUT2D eigenvalue weighted by Gasteiger charge is 2.24. The first-order valence-electron chi connectivity index (χ1n) is 7.67. The van der Waals surface area contributed by atoms with Crippen LogP contribution in [0, 0.1) is 0 Å². The molecule has 0 saturated carbocycles. The lowest BCUT2D eigenvalue weighted by Crippen LogP contribution is -2.40. The monoisotopic (exact) mass is 274 g/mol. The largest absolute Gasteiger partial charge is 0.299 e. The highest BCUT2D eigenvalue weighted by atomic mass is 16.1.